The van der Waals surface area contributed by atoms with Crippen molar-refractivity contribution in [3.05, 3.63) is 45.2 Å². The lowest BCUT2D eigenvalue weighted by Gasteiger charge is -2.12. The Hall–Kier alpha value is -2.14. The Morgan fingerprint density at radius 1 is 1.40 bits per heavy atom. The van der Waals surface area contributed by atoms with Crippen molar-refractivity contribution in [2.75, 3.05) is 7.11 Å². The molecule has 106 valence electrons. The Morgan fingerprint density at radius 3 is 2.75 bits per heavy atom. The van der Waals surface area contributed by atoms with Crippen LogP contribution < -0.4 is 11.3 Å². The van der Waals surface area contributed by atoms with Crippen LogP contribution in [0, 0.1) is 13.8 Å². The van der Waals surface area contributed by atoms with Gasteiger partial charge >= 0.3 is 5.97 Å². The summed E-state index contributed by atoms with van der Waals surface area (Å²) in [5.41, 5.74) is 8.81. The van der Waals surface area contributed by atoms with Crippen LogP contribution in [0.15, 0.2) is 23.0 Å². The normalized spacial score (nSPS) is 12.4. The van der Waals surface area contributed by atoms with E-state index in [0.717, 1.165) is 22.0 Å². The van der Waals surface area contributed by atoms with Gasteiger partial charge in [-0.25, -0.2) is 0 Å². The van der Waals surface area contributed by atoms with Crippen molar-refractivity contribution in [2.45, 2.75) is 26.3 Å². The van der Waals surface area contributed by atoms with E-state index < -0.39 is 12.0 Å². The number of fused-ring (bicyclic) bond motifs is 1. The van der Waals surface area contributed by atoms with E-state index in [1.54, 1.807) is 0 Å². The number of ether oxygens (including phenoxy) is 1. The molecule has 1 aromatic carbocycles. The van der Waals surface area contributed by atoms with Crippen LogP contribution >= 0.6 is 0 Å². The molecule has 0 unspecified atom stereocenters. The molecule has 2 aromatic rings. The number of hydrogen-bond acceptors (Lipinski definition) is 4. The van der Waals surface area contributed by atoms with Gasteiger partial charge in [0.05, 0.1) is 7.11 Å². The molecule has 3 N–H and O–H groups in total. The molecule has 5 heteroatoms. The van der Waals surface area contributed by atoms with Gasteiger partial charge in [0.25, 0.3) is 5.56 Å². The maximum absolute atomic E-state index is 12.1. The van der Waals surface area contributed by atoms with E-state index in [0.29, 0.717) is 5.56 Å². The number of carbonyl (C=O) groups excluding carboxylic acids is 1. The summed E-state index contributed by atoms with van der Waals surface area (Å²) < 4.78 is 4.59. The van der Waals surface area contributed by atoms with E-state index in [-0.39, 0.29) is 12.0 Å². The summed E-state index contributed by atoms with van der Waals surface area (Å²) in [7, 11) is 1.28. The van der Waals surface area contributed by atoms with Crippen LogP contribution in [0.25, 0.3) is 10.9 Å². The fourth-order valence-electron chi connectivity index (χ4n) is 2.31. The van der Waals surface area contributed by atoms with Gasteiger partial charge in [0.2, 0.25) is 0 Å². The summed E-state index contributed by atoms with van der Waals surface area (Å²) in [6, 6.07) is 5.00. The molecule has 0 saturated heterocycles. The van der Waals surface area contributed by atoms with Gasteiger partial charge in [-0.15, -0.1) is 0 Å². The van der Waals surface area contributed by atoms with Crippen LogP contribution in [-0.4, -0.2) is 24.1 Å². The number of methoxy groups -OCH3 is 1. The third kappa shape index (κ3) is 2.58. The molecule has 1 atom stereocenters. The largest absolute Gasteiger partial charge is 0.468 e. The first-order valence-corrected chi connectivity index (χ1v) is 6.39. The minimum atomic E-state index is -0.831. The van der Waals surface area contributed by atoms with E-state index in [4.69, 9.17) is 5.73 Å². The van der Waals surface area contributed by atoms with Gasteiger partial charge in [0.1, 0.15) is 6.04 Å². The van der Waals surface area contributed by atoms with Gasteiger partial charge in [-0.05, 0) is 31.5 Å². The number of aryl methyl sites for hydroxylation is 2. The first kappa shape index (κ1) is 14.3. The van der Waals surface area contributed by atoms with Crippen molar-refractivity contribution < 1.29 is 9.53 Å². The van der Waals surface area contributed by atoms with E-state index in [1.165, 1.54) is 7.11 Å². The summed E-state index contributed by atoms with van der Waals surface area (Å²) in [6.45, 7) is 3.86. The molecular weight excluding hydrogens is 256 g/mol. The van der Waals surface area contributed by atoms with Crippen molar-refractivity contribution in [1.82, 2.24) is 4.98 Å². The quantitative estimate of drug-likeness (QED) is 0.823. The second kappa shape index (κ2) is 5.46. The fraction of sp³-hybridized carbons (Fsp3) is 0.333. The standard InChI is InChI=1S/C15H18N2O3/c1-8-4-5-13-10(6-8)9(2)11(14(18)17-13)7-12(16)15(19)20-3/h4-6,12H,7,16H2,1-3H3,(H,17,18)/t12-/m0/s1. The molecule has 5 nitrogen and oxygen atoms in total. The molecule has 0 aliphatic carbocycles. The molecule has 1 aromatic heterocycles. The predicted octanol–water partition coefficient (Wildman–Crippen LogP) is 1.19. The number of carbonyl (C=O) groups is 1. The number of rotatable bonds is 3. The molecule has 0 radical (unpaired) electrons. The summed E-state index contributed by atoms with van der Waals surface area (Å²) in [4.78, 5) is 26.3. The van der Waals surface area contributed by atoms with Gasteiger partial charge in [0.15, 0.2) is 0 Å². The number of H-pyrrole nitrogens is 1. The van der Waals surface area contributed by atoms with Crippen molar-refractivity contribution in [3.63, 3.8) is 0 Å². The van der Waals surface area contributed by atoms with Crippen LogP contribution in [-0.2, 0) is 16.0 Å². The topological polar surface area (TPSA) is 85.2 Å². The minimum absolute atomic E-state index is 0.164. The van der Waals surface area contributed by atoms with Gasteiger partial charge in [-0.2, -0.15) is 0 Å². The first-order valence-electron chi connectivity index (χ1n) is 6.39. The average molecular weight is 274 g/mol. The fourth-order valence-corrected chi connectivity index (χ4v) is 2.31. The average Bonchev–Trinajstić information content (AvgIpc) is 2.43. The zero-order chi connectivity index (χ0) is 14.9. The van der Waals surface area contributed by atoms with Crippen molar-refractivity contribution in [3.8, 4) is 0 Å². The minimum Gasteiger partial charge on any atom is -0.468 e. The Labute approximate surface area is 116 Å². The highest BCUT2D eigenvalue weighted by Crippen LogP contribution is 2.19. The Balaban J connectivity index is 2.53. The Bertz CT molecular complexity index is 719. The maximum Gasteiger partial charge on any atom is 0.322 e. The number of hydrogen-bond donors (Lipinski definition) is 2. The number of esters is 1. The van der Waals surface area contributed by atoms with E-state index >= 15 is 0 Å². The molecule has 1 heterocycles. The molecule has 0 saturated carbocycles. The third-order valence-corrected chi connectivity index (χ3v) is 3.48. The molecule has 0 aliphatic rings. The molecule has 0 spiro atoms. The molecule has 0 aliphatic heterocycles. The van der Waals surface area contributed by atoms with E-state index in [9.17, 15) is 9.59 Å². The highest BCUT2D eigenvalue weighted by Gasteiger charge is 2.18. The lowest BCUT2D eigenvalue weighted by molar-refractivity contribution is -0.142. The molecule has 20 heavy (non-hydrogen) atoms. The van der Waals surface area contributed by atoms with Crippen LogP contribution in [0.2, 0.25) is 0 Å². The molecule has 0 fully saturated rings. The summed E-state index contributed by atoms with van der Waals surface area (Å²) in [5, 5.41) is 0.969. The van der Waals surface area contributed by atoms with Crippen LogP contribution in [0.5, 0.6) is 0 Å². The second-order valence-electron chi connectivity index (χ2n) is 4.94. The smallest absolute Gasteiger partial charge is 0.322 e. The van der Waals surface area contributed by atoms with E-state index in [1.807, 2.05) is 32.0 Å². The third-order valence-electron chi connectivity index (χ3n) is 3.48. The SMILES string of the molecule is COC(=O)[C@@H](N)Cc1c(C)c2cc(C)ccc2[nH]c1=O. The van der Waals surface area contributed by atoms with Crippen molar-refractivity contribution >= 4 is 16.9 Å². The predicted molar refractivity (Wildman–Crippen MR) is 77.7 cm³/mol. The van der Waals surface area contributed by atoms with Gasteiger partial charge in [-0.1, -0.05) is 11.6 Å². The van der Waals surface area contributed by atoms with Crippen LogP contribution in [0.4, 0.5) is 0 Å². The molecular formula is C15H18N2O3. The van der Waals surface area contributed by atoms with Gasteiger partial charge in [0, 0.05) is 22.9 Å². The zero-order valence-corrected chi connectivity index (χ0v) is 11.8. The number of aromatic amines is 1. The summed E-state index contributed by atoms with van der Waals surface area (Å²) in [6.07, 6.45) is 0.164. The summed E-state index contributed by atoms with van der Waals surface area (Å²) >= 11 is 0. The first-order chi connectivity index (χ1) is 9.43. The Morgan fingerprint density at radius 2 is 2.10 bits per heavy atom. The number of pyridine rings is 1. The van der Waals surface area contributed by atoms with Crippen molar-refractivity contribution in [2.24, 2.45) is 5.73 Å². The number of nitrogens with one attached hydrogen (secondary N) is 1. The van der Waals surface area contributed by atoms with Crippen molar-refractivity contribution in [1.29, 1.82) is 0 Å². The van der Waals surface area contributed by atoms with Gasteiger partial charge < -0.3 is 15.5 Å². The lowest BCUT2D eigenvalue weighted by atomic mass is 9.98. The Kier molecular flexibility index (Phi) is 3.90. The molecule has 2 rings (SSSR count). The maximum atomic E-state index is 12.1. The lowest BCUT2D eigenvalue weighted by Crippen LogP contribution is -2.36. The monoisotopic (exact) mass is 274 g/mol. The second-order valence-corrected chi connectivity index (χ2v) is 4.94. The number of nitrogens with two attached hydrogens (primary N) is 1. The highest BCUT2D eigenvalue weighted by molar-refractivity contribution is 5.84. The summed E-state index contributed by atoms with van der Waals surface area (Å²) in [5.74, 6) is -0.520. The van der Waals surface area contributed by atoms with Crippen LogP contribution in [0.3, 0.4) is 0 Å². The van der Waals surface area contributed by atoms with Crippen LogP contribution in [0.1, 0.15) is 16.7 Å². The number of benzene rings is 1. The molecule has 0 bridgehead atoms. The highest BCUT2D eigenvalue weighted by atomic mass is 16.5. The zero-order valence-electron chi connectivity index (χ0n) is 11.8. The number of aromatic nitrogens is 1. The molecule has 0 amide bonds. The van der Waals surface area contributed by atoms with E-state index in [2.05, 4.69) is 9.72 Å². The van der Waals surface area contributed by atoms with Gasteiger partial charge in [-0.3, -0.25) is 9.59 Å².